The smallest absolute Gasteiger partial charge is 0.227 e. The van der Waals surface area contributed by atoms with Gasteiger partial charge in [0.2, 0.25) is 5.91 Å². The van der Waals surface area contributed by atoms with Gasteiger partial charge in [0.1, 0.15) is 0 Å². The molecule has 0 spiro atoms. The average molecular weight is 306 g/mol. The standard InChI is InChI=1S/C10H16BrN3OS/c1-10(2,3)13-5-4-8(15)14-9-12-6-7(11)16-9/h6,13H,4-5H2,1-3H3,(H,12,14,15). The molecule has 0 aliphatic heterocycles. The Morgan fingerprint density at radius 1 is 1.56 bits per heavy atom. The van der Waals surface area contributed by atoms with Gasteiger partial charge in [-0.25, -0.2) is 4.98 Å². The summed E-state index contributed by atoms with van der Waals surface area (Å²) in [7, 11) is 0. The second-order valence-electron chi connectivity index (χ2n) is 4.44. The second-order valence-corrected chi connectivity index (χ2v) is 6.85. The monoisotopic (exact) mass is 305 g/mol. The van der Waals surface area contributed by atoms with Gasteiger partial charge in [0.05, 0.1) is 9.98 Å². The van der Waals surface area contributed by atoms with Crippen LogP contribution in [0.25, 0.3) is 0 Å². The highest BCUT2D eigenvalue weighted by atomic mass is 79.9. The van der Waals surface area contributed by atoms with Crippen molar-refractivity contribution in [1.29, 1.82) is 0 Å². The summed E-state index contributed by atoms with van der Waals surface area (Å²) in [5.74, 6) is -0.0152. The summed E-state index contributed by atoms with van der Waals surface area (Å²) in [6, 6.07) is 0. The molecule has 1 amide bonds. The van der Waals surface area contributed by atoms with Crippen molar-refractivity contribution in [3.63, 3.8) is 0 Å². The van der Waals surface area contributed by atoms with Gasteiger partial charge in [0, 0.05) is 18.5 Å². The summed E-state index contributed by atoms with van der Waals surface area (Å²) >= 11 is 4.70. The molecule has 0 bridgehead atoms. The van der Waals surface area contributed by atoms with Gasteiger partial charge < -0.3 is 10.6 Å². The lowest BCUT2D eigenvalue weighted by molar-refractivity contribution is -0.116. The fourth-order valence-corrected chi connectivity index (χ4v) is 2.17. The molecule has 6 heteroatoms. The predicted octanol–water partition coefficient (Wildman–Crippen LogP) is 2.62. The number of nitrogens with zero attached hydrogens (tertiary/aromatic N) is 1. The van der Waals surface area contributed by atoms with E-state index < -0.39 is 0 Å². The summed E-state index contributed by atoms with van der Waals surface area (Å²) in [4.78, 5) is 15.5. The van der Waals surface area contributed by atoms with Gasteiger partial charge in [-0.1, -0.05) is 11.3 Å². The highest BCUT2D eigenvalue weighted by Gasteiger charge is 2.10. The molecule has 0 aliphatic rings. The Morgan fingerprint density at radius 3 is 2.75 bits per heavy atom. The Hall–Kier alpha value is -0.460. The van der Waals surface area contributed by atoms with Crippen LogP contribution in [0.15, 0.2) is 9.98 Å². The Kier molecular flexibility index (Phi) is 4.89. The van der Waals surface area contributed by atoms with E-state index in [1.54, 1.807) is 6.20 Å². The van der Waals surface area contributed by atoms with Crippen molar-refractivity contribution >= 4 is 38.3 Å². The molecule has 1 aromatic heterocycles. The van der Waals surface area contributed by atoms with Gasteiger partial charge >= 0.3 is 0 Å². The Balaban J connectivity index is 2.26. The van der Waals surface area contributed by atoms with Gasteiger partial charge in [-0.3, -0.25) is 4.79 Å². The molecule has 0 unspecified atom stereocenters. The maximum Gasteiger partial charge on any atom is 0.227 e. The van der Waals surface area contributed by atoms with Crippen molar-refractivity contribution in [1.82, 2.24) is 10.3 Å². The van der Waals surface area contributed by atoms with Crippen molar-refractivity contribution in [3.8, 4) is 0 Å². The van der Waals surface area contributed by atoms with Crippen molar-refractivity contribution in [3.05, 3.63) is 9.98 Å². The fourth-order valence-electron chi connectivity index (χ4n) is 1.05. The Labute approximate surface area is 108 Å². The van der Waals surface area contributed by atoms with Gasteiger partial charge in [-0.15, -0.1) is 0 Å². The van der Waals surface area contributed by atoms with E-state index in [4.69, 9.17) is 0 Å². The number of amides is 1. The Morgan fingerprint density at radius 2 is 2.25 bits per heavy atom. The first-order valence-electron chi connectivity index (χ1n) is 5.03. The van der Waals surface area contributed by atoms with Crippen molar-refractivity contribution < 1.29 is 4.79 Å². The van der Waals surface area contributed by atoms with Gasteiger partial charge in [-0.05, 0) is 36.7 Å². The predicted molar refractivity (Wildman–Crippen MR) is 70.8 cm³/mol. The summed E-state index contributed by atoms with van der Waals surface area (Å²) in [5.41, 5.74) is 0.0461. The third kappa shape index (κ3) is 5.58. The van der Waals surface area contributed by atoms with E-state index in [0.717, 1.165) is 3.79 Å². The molecule has 1 rings (SSSR count). The Bertz CT molecular complexity index is 359. The zero-order chi connectivity index (χ0) is 12.2. The minimum absolute atomic E-state index is 0.0152. The lowest BCUT2D eigenvalue weighted by Gasteiger charge is -2.19. The van der Waals surface area contributed by atoms with E-state index in [1.165, 1.54) is 11.3 Å². The highest BCUT2D eigenvalue weighted by Crippen LogP contribution is 2.22. The van der Waals surface area contributed by atoms with Crippen LogP contribution in [0, 0.1) is 0 Å². The number of carbonyl (C=O) groups excluding carboxylic acids is 1. The zero-order valence-corrected chi connectivity index (χ0v) is 12.0. The van der Waals surface area contributed by atoms with E-state index in [0.29, 0.717) is 18.1 Å². The van der Waals surface area contributed by atoms with Crippen LogP contribution in [0.3, 0.4) is 0 Å². The van der Waals surface area contributed by atoms with E-state index in [2.05, 4.69) is 52.3 Å². The van der Waals surface area contributed by atoms with E-state index in [1.807, 2.05) is 0 Å². The molecule has 0 aliphatic carbocycles. The third-order valence-electron chi connectivity index (χ3n) is 1.73. The number of thiazole rings is 1. The number of nitrogens with one attached hydrogen (secondary N) is 2. The molecule has 4 nitrogen and oxygen atoms in total. The number of hydrogen-bond acceptors (Lipinski definition) is 4. The minimum Gasteiger partial charge on any atom is -0.312 e. The molecule has 0 aromatic carbocycles. The van der Waals surface area contributed by atoms with Gasteiger partial charge in [-0.2, -0.15) is 0 Å². The van der Waals surface area contributed by atoms with Gasteiger partial charge in [0.25, 0.3) is 0 Å². The third-order valence-corrected chi connectivity index (χ3v) is 3.12. The SMILES string of the molecule is CC(C)(C)NCCC(=O)Nc1ncc(Br)s1. The maximum atomic E-state index is 11.5. The van der Waals surface area contributed by atoms with Crippen LogP contribution in [-0.2, 0) is 4.79 Å². The van der Waals surface area contributed by atoms with Gasteiger partial charge in [0.15, 0.2) is 5.13 Å². The van der Waals surface area contributed by atoms with Crippen molar-refractivity contribution in [2.24, 2.45) is 0 Å². The van der Waals surface area contributed by atoms with Crippen molar-refractivity contribution in [2.45, 2.75) is 32.7 Å². The molecule has 16 heavy (non-hydrogen) atoms. The van der Waals surface area contributed by atoms with Crippen LogP contribution in [0.4, 0.5) is 5.13 Å². The first-order chi connectivity index (χ1) is 7.37. The zero-order valence-electron chi connectivity index (χ0n) is 9.63. The lowest BCUT2D eigenvalue weighted by Crippen LogP contribution is -2.37. The quantitative estimate of drug-likeness (QED) is 0.899. The van der Waals surface area contributed by atoms with Crippen LogP contribution in [0.1, 0.15) is 27.2 Å². The number of halogens is 1. The minimum atomic E-state index is -0.0152. The molecule has 0 saturated carbocycles. The number of rotatable bonds is 4. The van der Waals surface area contributed by atoms with Crippen LogP contribution < -0.4 is 10.6 Å². The van der Waals surface area contributed by atoms with E-state index in [9.17, 15) is 4.79 Å². The van der Waals surface area contributed by atoms with Crippen LogP contribution in [0.5, 0.6) is 0 Å². The first-order valence-corrected chi connectivity index (χ1v) is 6.64. The number of anilines is 1. The average Bonchev–Trinajstić information content (AvgIpc) is 2.48. The van der Waals surface area contributed by atoms with E-state index in [-0.39, 0.29) is 11.4 Å². The molecule has 0 radical (unpaired) electrons. The summed E-state index contributed by atoms with van der Waals surface area (Å²) < 4.78 is 0.913. The normalized spacial score (nSPS) is 11.5. The van der Waals surface area contributed by atoms with Crippen LogP contribution in [-0.4, -0.2) is 23.0 Å². The van der Waals surface area contributed by atoms with E-state index >= 15 is 0 Å². The molecular weight excluding hydrogens is 290 g/mol. The maximum absolute atomic E-state index is 11.5. The molecule has 1 aromatic rings. The molecule has 1 heterocycles. The fraction of sp³-hybridized carbons (Fsp3) is 0.600. The van der Waals surface area contributed by atoms with Crippen LogP contribution >= 0.6 is 27.3 Å². The number of hydrogen-bond donors (Lipinski definition) is 2. The number of aromatic nitrogens is 1. The largest absolute Gasteiger partial charge is 0.312 e. The molecule has 0 atom stereocenters. The lowest BCUT2D eigenvalue weighted by atomic mass is 10.1. The summed E-state index contributed by atoms with van der Waals surface area (Å²) in [5, 5.41) is 6.64. The second kappa shape index (κ2) is 5.75. The summed E-state index contributed by atoms with van der Waals surface area (Å²) in [6.07, 6.45) is 2.13. The topological polar surface area (TPSA) is 54.0 Å². The van der Waals surface area contributed by atoms with Crippen molar-refractivity contribution in [2.75, 3.05) is 11.9 Å². The molecule has 2 N–H and O–H groups in total. The summed E-state index contributed by atoms with van der Waals surface area (Å²) in [6.45, 7) is 6.89. The van der Waals surface area contributed by atoms with Crippen LogP contribution in [0.2, 0.25) is 0 Å². The number of carbonyl (C=O) groups is 1. The molecule has 0 saturated heterocycles. The molecular formula is C10H16BrN3OS. The molecule has 90 valence electrons. The molecule has 0 fully saturated rings. The highest BCUT2D eigenvalue weighted by molar-refractivity contribution is 9.11. The first kappa shape index (κ1) is 13.6.